The highest BCUT2D eigenvalue weighted by molar-refractivity contribution is 7.92. The molecule has 46 heavy (non-hydrogen) atoms. The van der Waals surface area contributed by atoms with E-state index in [4.69, 9.17) is 19.4 Å². The fourth-order valence-corrected chi connectivity index (χ4v) is 8.03. The molecule has 0 bridgehead atoms. The molecule has 0 N–H and O–H groups in total. The van der Waals surface area contributed by atoms with Gasteiger partial charge in [-0.05, 0) is 47.5 Å². The van der Waals surface area contributed by atoms with Gasteiger partial charge in [-0.2, -0.15) is 0 Å². The van der Waals surface area contributed by atoms with Crippen LogP contribution in [0.1, 0.15) is 0 Å². The van der Waals surface area contributed by atoms with Gasteiger partial charge in [0.15, 0.2) is 17.5 Å². The van der Waals surface area contributed by atoms with E-state index in [0.717, 1.165) is 49.7 Å². The molecule has 7 heteroatoms. The highest BCUT2D eigenvalue weighted by Gasteiger charge is 2.33. The molecule has 0 radical (unpaired) electrons. The Bertz CT molecular complexity index is 2540. The number of fused-ring (bicyclic) bond motifs is 6. The summed E-state index contributed by atoms with van der Waals surface area (Å²) in [6, 6.07) is 44.4. The van der Waals surface area contributed by atoms with Crippen molar-refractivity contribution in [2.24, 2.45) is 0 Å². The van der Waals surface area contributed by atoms with Crippen molar-refractivity contribution in [3.8, 4) is 56.4 Å². The molecule has 0 fully saturated rings. The van der Waals surface area contributed by atoms with E-state index in [9.17, 15) is 8.42 Å². The smallest absolute Gasteiger partial charge is 0.207 e. The maximum atomic E-state index is 13.5. The van der Waals surface area contributed by atoms with Gasteiger partial charge in [-0.25, -0.2) is 23.4 Å². The van der Waals surface area contributed by atoms with E-state index in [2.05, 4.69) is 0 Å². The molecule has 0 unspecified atom stereocenters. The lowest BCUT2D eigenvalue weighted by Crippen LogP contribution is -2.00. The van der Waals surface area contributed by atoms with Crippen molar-refractivity contribution < 1.29 is 12.8 Å². The van der Waals surface area contributed by atoms with Crippen molar-refractivity contribution in [3.05, 3.63) is 140 Å². The van der Waals surface area contributed by atoms with Crippen molar-refractivity contribution in [1.29, 1.82) is 0 Å². The lowest BCUT2D eigenvalue weighted by Gasteiger charge is -2.09. The Hall–Kier alpha value is -5.92. The maximum absolute atomic E-state index is 13.5. The van der Waals surface area contributed by atoms with Gasteiger partial charge in [0.05, 0.1) is 9.79 Å². The Balaban J connectivity index is 1.23. The number of rotatable bonds is 4. The van der Waals surface area contributed by atoms with Crippen molar-refractivity contribution in [2.45, 2.75) is 9.79 Å². The van der Waals surface area contributed by atoms with Crippen molar-refractivity contribution in [3.63, 3.8) is 0 Å². The molecular weight excluding hydrogens is 591 g/mol. The number of hydrogen-bond acceptors (Lipinski definition) is 6. The summed E-state index contributed by atoms with van der Waals surface area (Å²) in [6.07, 6.45) is 0. The van der Waals surface area contributed by atoms with Crippen LogP contribution in [-0.4, -0.2) is 23.4 Å². The largest absolute Gasteiger partial charge is 0.456 e. The zero-order chi connectivity index (χ0) is 30.8. The van der Waals surface area contributed by atoms with Gasteiger partial charge >= 0.3 is 0 Å². The van der Waals surface area contributed by atoms with E-state index >= 15 is 0 Å². The maximum Gasteiger partial charge on any atom is 0.207 e. The zero-order valence-corrected chi connectivity index (χ0v) is 25.1. The van der Waals surface area contributed by atoms with E-state index in [1.54, 1.807) is 18.2 Å². The summed E-state index contributed by atoms with van der Waals surface area (Å²) in [5.74, 6) is 1.72. The average molecular weight is 614 g/mol. The topological polar surface area (TPSA) is 86.0 Å². The molecular formula is C39H23N3O3S. The fraction of sp³-hybridized carbons (Fsp3) is 0. The minimum atomic E-state index is -3.62. The number of furan rings is 1. The lowest BCUT2D eigenvalue weighted by molar-refractivity contribution is 0.598. The van der Waals surface area contributed by atoms with Gasteiger partial charge in [0.25, 0.3) is 0 Å². The summed E-state index contributed by atoms with van der Waals surface area (Å²) in [6.45, 7) is 0. The molecule has 0 spiro atoms. The number of hydrogen-bond donors (Lipinski definition) is 0. The van der Waals surface area contributed by atoms with Crippen LogP contribution >= 0.6 is 0 Å². The van der Waals surface area contributed by atoms with E-state index in [-0.39, 0.29) is 0 Å². The van der Waals surface area contributed by atoms with Crippen LogP contribution in [0.25, 0.3) is 78.4 Å². The first kappa shape index (κ1) is 26.5. The second-order valence-electron chi connectivity index (χ2n) is 11.2. The molecule has 1 aliphatic heterocycles. The SMILES string of the molecule is O=S1(=O)c2ccccc2-c2ccc(-c3cccc4oc5ccc(-c6nc(-c7ccccc7)nc(-c7ccccc7)n6)cc5c34)cc21. The van der Waals surface area contributed by atoms with E-state index in [1.807, 2.05) is 121 Å². The second-order valence-corrected chi connectivity index (χ2v) is 13.1. The normalized spacial score (nSPS) is 13.1. The Morgan fingerprint density at radius 3 is 1.74 bits per heavy atom. The summed E-state index contributed by atoms with van der Waals surface area (Å²) < 4.78 is 33.3. The number of sulfone groups is 1. The Morgan fingerprint density at radius 2 is 1.02 bits per heavy atom. The summed E-state index contributed by atoms with van der Waals surface area (Å²) in [7, 11) is -3.62. The van der Waals surface area contributed by atoms with Gasteiger partial charge in [-0.15, -0.1) is 0 Å². The Kier molecular flexibility index (Phi) is 5.79. The van der Waals surface area contributed by atoms with Crippen LogP contribution < -0.4 is 0 Å². The molecule has 3 heterocycles. The van der Waals surface area contributed by atoms with E-state index < -0.39 is 9.84 Å². The van der Waals surface area contributed by atoms with E-state index in [1.165, 1.54) is 0 Å². The monoisotopic (exact) mass is 613 g/mol. The zero-order valence-electron chi connectivity index (χ0n) is 24.3. The summed E-state index contributed by atoms with van der Waals surface area (Å²) in [4.78, 5) is 15.3. The highest BCUT2D eigenvalue weighted by atomic mass is 32.2. The van der Waals surface area contributed by atoms with Crippen LogP contribution in [0, 0.1) is 0 Å². The third-order valence-electron chi connectivity index (χ3n) is 8.50. The average Bonchev–Trinajstić information content (AvgIpc) is 3.60. The molecule has 9 rings (SSSR count). The van der Waals surface area contributed by atoms with Gasteiger partial charge in [0, 0.05) is 38.6 Å². The number of benzene rings is 6. The molecule has 2 aromatic heterocycles. The number of nitrogens with zero attached hydrogens (tertiary/aromatic N) is 3. The molecule has 0 amide bonds. The molecule has 0 saturated carbocycles. The van der Waals surface area contributed by atoms with Crippen molar-refractivity contribution in [1.82, 2.24) is 15.0 Å². The van der Waals surface area contributed by atoms with Crippen LogP contribution in [-0.2, 0) is 9.84 Å². The summed E-state index contributed by atoms with van der Waals surface area (Å²) in [5, 5.41) is 1.78. The molecule has 0 aliphatic carbocycles. The predicted molar refractivity (Wildman–Crippen MR) is 180 cm³/mol. The van der Waals surface area contributed by atoms with Crippen LogP contribution in [0.4, 0.5) is 0 Å². The first-order chi connectivity index (χ1) is 22.5. The minimum Gasteiger partial charge on any atom is -0.456 e. The fourth-order valence-electron chi connectivity index (χ4n) is 6.32. The van der Waals surface area contributed by atoms with Crippen LogP contribution in [0.3, 0.4) is 0 Å². The minimum absolute atomic E-state index is 0.323. The Labute approximate surface area is 264 Å². The molecule has 6 aromatic carbocycles. The highest BCUT2D eigenvalue weighted by Crippen LogP contribution is 2.46. The molecule has 8 aromatic rings. The molecule has 0 saturated heterocycles. The Morgan fingerprint density at radius 1 is 0.435 bits per heavy atom. The van der Waals surface area contributed by atoms with Crippen LogP contribution in [0.2, 0.25) is 0 Å². The lowest BCUT2D eigenvalue weighted by atomic mass is 9.96. The standard InChI is InChI=1S/C39H23N3O3S/c43-46(44)34-17-8-7-14-29(34)30-20-18-26(23-35(30)46)28-15-9-16-33-36(28)31-22-27(19-21-32(31)45-33)39-41-37(24-10-3-1-4-11-24)40-38(42-39)25-12-5-2-6-13-25/h1-23H. The third kappa shape index (κ3) is 4.09. The van der Waals surface area contributed by atoms with E-state index in [0.29, 0.717) is 38.4 Å². The van der Waals surface area contributed by atoms with Gasteiger partial charge in [-0.3, -0.25) is 0 Å². The first-order valence-electron chi connectivity index (χ1n) is 14.9. The summed E-state index contributed by atoms with van der Waals surface area (Å²) in [5.41, 5.74) is 7.18. The molecule has 218 valence electrons. The molecule has 1 aliphatic rings. The van der Waals surface area contributed by atoms with Crippen molar-refractivity contribution in [2.75, 3.05) is 0 Å². The van der Waals surface area contributed by atoms with Crippen LogP contribution in [0.5, 0.6) is 0 Å². The van der Waals surface area contributed by atoms with Gasteiger partial charge < -0.3 is 4.42 Å². The molecule has 0 atom stereocenters. The van der Waals surface area contributed by atoms with Crippen LogP contribution in [0.15, 0.2) is 154 Å². The first-order valence-corrected chi connectivity index (χ1v) is 16.3. The van der Waals surface area contributed by atoms with Crippen molar-refractivity contribution >= 4 is 31.8 Å². The number of aromatic nitrogens is 3. The van der Waals surface area contributed by atoms with Gasteiger partial charge in [0.1, 0.15) is 11.2 Å². The quantitative estimate of drug-likeness (QED) is 0.197. The van der Waals surface area contributed by atoms with Gasteiger partial charge in [0.2, 0.25) is 9.84 Å². The second kappa shape index (κ2) is 10.1. The predicted octanol–water partition coefficient (Wildman–Crippen LogP) is 9.25. The third-order valence-corrected chi connectivity index (χ3v) is 10.4. The van der Waals surface area contributed by atoms with Gasteiger partial charge in [-0.1, -0.05) is 103 Å². The summed E-state index contributed by atoms with van der Waals surface area (Å²) >= 11 is 0. The molecule has 6 nitrogen and oxygen atoms in total.